The summed E-state index contributed by atoms with van der Waals surface area (Å²) in [6.07, 6.45) is 0. The zero-order valence-electron chi connectivity index (χ0n) is 10.6. The van der Waals surface area contributed by atoms with Crippen molar-refractivity contribution in [3.05, 3.63) is 33.4 Å². The molecule has 0 fully saturated rings. The maximum absolute atomic E-state index is 11.8. The van der Waals surface area contributed by atoms with E-state index in [0.717, 1.165) is 6.07 Å². The standard InChI is InChI=1S/C10H12N2O7S/c1-6-3-8(4-9(7(6)2)12(15)16)20(17,18)11-19-5-10(13)14/h3-4,11H,5H2,1-2H3,(H,13,14). The minimum atomic E-state index is -4.19. The van der Waals surface area contributed by atoms with Gasteiger partial charge in [-0.2, -0.15) is 0 Å². The molecule has 0 spiro atoms. The van der Waals surface area contributed by atoms with Crippen molar-refractivity contribution in [3.8, 4) is 0 Å². The summed E-state index contributed by atoms with van der Waals surface area (Å²) in [4.78, 5) is 25.8. The number of rotatable bonds is 6. The summed E-state index contributed by atoms with van der Waals surface area (Å²) in [6.45, 7) is 2.16. The highest BCUT2D eigenvalue weighted by Gasteiger charge is 2.22. The quantitative estimate of drug-likeness (QED) is 0.577. The monoisotopic (exact) mass is 304 g/mol. The van der Waals surface area contributed by atoms with Gasteiger partial charge in [-0.15, -0.1) is 0 Å². The molecule has 1 aromatic rings. The number of nitrogens with one attached hydrogen (secondary N) is 1. The van der Waals surface area contributed by atoms with E-state index in [1.165, 1.54) is 19.9 Å². The molecule has 0 atom stereocenters. The van der Waals surface area contributed by atoms with Crippen molar-refractivity contribution in [1.82, 2.24) is 4.89 Å². The Morgan fingerprint density at radius 1 is 1.45 bits per heavy atom. The van der Waals surface area contributed by atoms with E-state index in [4.69, 9.17) is 5.11 Å². The summed E-state index contributed by atoms with van der Waals surface area (Å²) >= 11 is 0. The van der Waals surface area contributed by atoms with Crippen molar-refractivity contribution < 1.29 is 28.1 Å². The second kappa shape index (κ2) is 5.94. The number of carbonyl (C=O) groups is 1. The third-order valence-corrected chi connectivity index (χ3v) is 3.68. The number of hydrogen-bond donors (Lipinski definition) is 2. The van der Waals surface area contributed by atoms with Crippen LogP contribution in [-0.4, -0.2) is 31.0 Å². The number of nitrogens with zero attached hydrogens (tertiary/aromatic N) is 1. The van der Waals surface area contributed by atoms with E-state index in [0.29, 0.717) is 11.1 Å². The molecule has 0 radical (unpaired) electrons. The van der Waals surface area contributed by atoms with Gasteiger partial charge in [0.15, 0.2) is 6.61 Å². The summed E-state index contributed by atoms with van der Waals surface area (Å²) in [5, 5.41) is 19.2. The Bertz CT molecular complexity index is 654. The molecule has 2 N–H and O–H groups in total. The molecule has 0 amide bonds. The van der Waals surface area contributed by atoms with E-state index in [1.807, 2.05) is 0 Å². The molecule has 0 aliphatic carbocycles. The lowest BCUT2D eigenvalue weighted by molar-refractivity contribution is -0.385. The van der Waals surface area contributed by atoms with E-state index >= 15 is 0 Å². The molecule has 0 saturated heterocycles. The molecule has 0 heterocycles. The van der Waals surface area contributed by atoms with Gasteiger partial charge in [-0.3, -0.25) is 15.0 Å². The Morgan fingerprint density at radius 2 is 2.05 bits per heavy atom. The zero-order valence-corrected chi connectivity index (χ0v) is 11.4. The minimum absolute atomic E-state index is 0.344. The first kappa shape index (κ1) is 16.0. The van der Waals surface area contributed by atoms with Gasteiger partial charge >= 0.3 is 5.97 Å². The van der Waals surface area contributed by atoms with Gasteiger partial charge in [0, 0.05) is 11.6 Å². The summed E-state index contributed by atoms with van der Waals surface area (Å²) in [5.41, 5.74) is 0.418. The number of hydrogen-bond acceptors (Lipinski definition) is 6. The lowest BCUT2D eigenvalue weighted by atomic mass is 10.1. The van der Waals surface area contributed by atoms with Crippen LogP contribution in [0, 0.1) is 24.0 Å². The number of benzene rings is 1. The molecular weight excluding hydrogens is 292 g/mol. The first-order valence-electron chi connectivity index (χ1n) is 5.26. The largest absolute Gasteiger partial charge is 0.479 e. The van der Waals surface area contributed by atoms with Crippen LogP contribution in [0.1, 0.15) is 11.1 Å². The third kappa shape index (κ3) is 3.73. The first-order valence-corrected chi connectivity index (χ1v) is 6.74. The molecule has 1 aromatic carbocycles. The number of sulfonamides is 1. The van der Waals surface area contributed by atoms with Crippen molar-refractivity contribution in [1.29, 1.82) is 0 Å². The third-order valence-electron chi connectivity index (χ3n) is 2.48. The highest BCUT2D eigenvalue weighted by Crippen LogP contribution is 2.25. The molecule has 1 rings (SSSR count). The topological polar surface area (TPSA) is 136 Å². The molecule has 0 bridgehead atoms. The van der Waals surface area contributed by atoms with E-state index in [2.05, 4.69) is 4.84 Å². The highest BCUT2D eigenvalue weighted by atomic mass is 32.2. The van der Waals surface area contributed by atoms with Gasteiger partial charge < -0.3 is 5.11 Å². The van der Waals surface area contributed by atoms with Gasteiger partial charge in [0.25, 0.3) is 15.7 Å². The molecule has 9 nitrogen and oxygen atoms in total. The summed E-state index contributed by atoms with van der Waals surface area (Å²) in [5.74, 6) is -1.36. The van der Waals surface area contributed by atoms with Gasteiger partial charge in [-0.1, -0.05) is 4.89 Å². The van der Waals surface area contributed by atoms with E-state index < -0.39 is 27.5 Å². The molecule has 110 valence electrons. The van der Waals surface area contributed by atoms with Gasteiger partial charge in [0.05, 0.1) is 9.82 Å². The van der Waals surface area contributed by atoms with Crippen LogP contribution < -0.4 is 4.89 Å². The van der Waals surface area contributed by atoms with E-state index in [9.17, 15) is 23.3 Å². The Kier molecular flexibility index (Phi) is 4.76. The van der Waals surface area contributed by atoms with Gasteiger partial charge in [-0.05, 0) is 25.5 Å². The maximum atomic E-state index is 11.8. The smallest absolute Gasteiger partial charge is 0.331 e. The molecule has 0 unspecified atom stereocenters. The Morgan fingerprint density at radius 3 is 2.55 bits per heavy atom. The fourth-order valence-corrected chi connectivity index (χ4v) is 2.28. The number of carboxylic acid groups (broad SMARTS) is 1. The Balaban J connectivity index is 3.13. The highest BCUT2D eigenvalue weighted by molar-refractivity contribution is 7.89. The lowest BCUT2D eigenvalue weighted by Crippen LogP contribution is -2.27. The summed E-state index contributed by atoms with van der Waals surface area (Å²) < 4.78 is 23.6. The predicted octanol–water partition coefficient (Wildman–Crippen LogP) is 0.506. The predicted molar refractivity (Wildman–Crippen MR) is 66.5 cm³/mol. The number of carboxylic acids is 1. The first-order chi connectivity index (χ1) is 9.15. The van der Waals surface area contributed by atoms with Crippen molar-refractivity contribution in [3.63, 3.8) is 0 Å². The fraction of sp³-hybridized carbons (Fsp3) is 0.300. The van der Waals surface area contributed by atoms with E-state index in [1.54, 1.807) is 4.89 Å². The molecule has 0 aromatic heterocycles. The average Bonchev–Trinajstić information content (AvgIpc) is 2.31. The van der Waals surface area contributed by atoms with Crippen LogP contribution in [0.3, 0.4) is 0 Å². The molecule has 0 aliphatic heterocycles. The second-order valence-corrected chi connectivity index (χ2v) is 5.56. The van der Waals surface area contributed by atoms with Gasteiger partial charge in [0.2, 0.25) is 0 Å². The second-order valence-electron chi connectivity index (χ2n) is 3.91. The SMILES string of the molecule is Cc1cc(S(=O)(=O)NOCC(=O)O)cc([N+](=O)[O-])c1C. The van der Waals surface area contributed by atoms with Crippen molar-refractivity contribution in [2.75, 3.05) is 6.61 Å². The number of nitro groups is 1. The normalized spacial score (nSPS) is 11.3. The van der Waals surface area contributed by atoms with Gasteiger partial charge in [-0.25, -0.2) is 13.2 Å². The molecule has 20 heavy (non-hydrogen) atoms. The number of nitro benzene ring substituents is 1. The minimum Gasteiger partial charge on any atom is -0.479 e. The molecule has 0 aliphatic rings. The van der Waals surface area contributed by atoms with Crippen LogP contribution in [0.2, 0.25) is 0 Å². The Labute approximate surface area is 114 Å². The molecule has 0 saturated carbocycles. The van der Waals surface area contributed by atoms with Crippen LogP contribution >= 0.6 is 0 Å². The average molecular weight is 304 g/mol. The van der Waals surface area contributed by atoms with Gasteiger partial charge in [0.1, 0.15) is 0 Å². The van der Waals surface area contributed by atoms with Crippen LogP contribution in [0.25, 0.3) is 0 Å². The van der Waals surface area contributed by atoms with E-state index in [-0.39, 0.29) is 10.6 Å². The maximum Gasteiger partial charge on any atom is 0.331 e. The summed E-state index contributed by atoms with van der Waals surface area (Å²) in [7, 11) is -4.19. The molecular formula is C10H12N2O7S. The van der Waals surface area contributed by atoms with Crippen LogP contribution in [-0.2, 0) is 19.7 Å². The lowest BCUT2D eigenvalue weighted by Gasteiger charge is -2.08. The van der Waals surface area contributed by atoms with Crippen molar-refractivity contribution in [2.45, 2.75) is 18.7 Å². The number of aliphatic carboxylic acids is 1. The summed E-state index contributed by atoms with van der Waals surface area (Å²) in [6, 6.07) is 2.11. The molecule has 10 heteroatoms. The zero-order chi connectivity index (χ0) is 15.5. The van der Waals surface area contributed by atoms with Crippen LogP contribution in [0.5, 0.6) is 0 Å². The van der Waals surface area contributed by atoms with Crippen LogP contribution in [0.4, 0.5) is 5.69 Å². The van der Waals surface area contributed by atoms with Crippen molar-refractivity contribution in [2.24, 2.45) is 0 Å². The van der Waals surface area contributed by atoms with Crippen LogP contribution in [0.15, 0.2) is 17.0 Å². The van der Waals surface area contributed by atoms with Crippen molar-refractivity contribution >= 4 is 21.7 Å². The fourth-order valence-electron chi connectivity index (χ4n) is 1.37. The Hall–Kier alpha value is -2.04. The number of aryl methyl sites for hydroxylation is 1.